The molecule has 0 spiro atoms. The van der Waals surface area contributed by atoms with Crippen molar-refractivity contribution >= 4 is 39.3 Å². The zero-order valence-corrected chi connectivity index (χ0v) is 13.4. The topological polar surface area (TPSA) is 55.1 Å². The summed E-state index contributed by atoms with van der Waals surface area (Å²) in [6.07, 6.45) is 6.84. The van der Waals surface area contributed by atoms with E-state index in [9.17, 15) is 4.79 Å². The molecule has 0 radical (unpaired) electrons. The van der Waals surface area contributed by atoms with E-state index < -0.39 is 0 Å². The van der Waals surface area contributed by atoms with Gasteiger partial charge >= 0.3 is 0 Å². The maximum Gasteiger partial charge on any atom is 0.251 e. The Morgan fingerprint density at radius 2 is 2.11 bits per heavy atom. The number of halogens is 1. The van der Waals surface area contributed by atoms with E-state index in [1.165, 1.54) is 19.3 Å². The average Bonchev–Trinajstić information content (AvgIpc) is 2.38. The van der Waals surface area contributed by atoms with Crippen molar-refractivity contribution in [2.45, 2.75) is 37.0 Å². The molecule has 2 unspecified atom stereocenters. The van der Waals surface area contributed by atoms with Crippen LogP contribution in [0.25, 0.3) is 0 Å². The van der Waals surface area contributed by atoms with Gasteiger partial charge in [0, 0.05) is 27.0 Å². The lowest BCUT2D eigenvalue weighted by Gasteiger charge is -2.31. The highest BCUT2D eigenvalue weighted by molar-refractivity contribution is 9.10. The highest BCUT2D eigenvalue weighted by atomic mass is 79.9. The summed E-state index contributed by atoms with van der Waals surface area (Å²) in [7, 11) is 0. The van der Waals surface area contributed by atoms with Gasteiger partial charge in [-0.25, -0.2) is 0 Å². The molecule has 1 fully saturated rings. The Bertz CT molecular complexity index is 447. The number of hydrogen-bond donors (Lipinski definition) is 2. The normalized spacial score (nSPS) is 23.1. The van der Waals surface area contributed by atoms with Gasteiger partial charge in [0.25, 0.3) is 5.91 Å². The van der Waals surface area contributed by atoms with E-state index in [2.05, 4.69) is 27.5 Å². The summed E-state index contributed by atoms with van der Waals surface area (Å²) in [5.74, 6) is -0.0287. The fraction of sp³-hybridized carbons (Fsp3) is 0.500. The van der Waals surface area contributed by atoms with Gasteiger partial charge in [-0.2, -0.15) is 11.8 Å². The van der Waals surface area contributed by atoms with Gasteiger partial charge in [0.15, 0.2) is 0 Å². The number of amides is 1. The SMILES string of the molecule is CSC1CCCCC1NC(=O)c1cc(N)cc(Br)c1. The van der Waals surface area contributed by atoms with Crippen LogP contribution < -0.4 is 11.1 Å². The number of carbonyl (C=O) groups excluding carboxylic acids is 1. The summed E-state index contributed by atoms with van der Waals surface area (Å²) >= 11 is 5.22. The molecule has 0 bridgehead atoms. The molecule has 1 aliphatic rings. The standard InChI is InChI=1S/C14H19BrN2OS/c1-19-13-5-3-2-4-12(13)17-14(18)9-6-10(15)8-11(16)7-9/h6-8,12-13H,2-5,16H2,1H3,(H,17,18). The Kier molecular flexibility index (Phi) is 5.16. The van der Waals surface area contributed by atoms with Crippen LogP contribution in [0.2, 0.25) is 0 Å². The second kappa shape index (κ2) is 6.66. The molecule has 0 saturated heterocycles. The van der Waals surface area contributed by atoms with E-state index >= 15 is 0 Å². The van der Waals surface area contributed by atoms with E-state index in [1.54, 1.807) is 12.1 Å². The molecular weight excluding hydrogens is 324 g/mol. The van der Waals surface area contributed by atoms with Gasteiger partial charge < -0.3 is 11.1 Å². The van der Waals surface area contributed by atoms with Crippen LogP contribution in [0.4, 0.5) is 5.69 Å². The van der Waals surface area contributed by atoms with Crippen LogP contribution in [0.1, 0.15) is 36.0 Å². The quantitative estimate of drug-likeness (QED) is 0.827. The van der Waals surface area contributed by atoms with Crippen LogP contribution in [-0.4, -0.2) is 23.5 Å². The number of nitrogens with two attached hydrogens (primary N) is 1. The Hall–Kier alpha value is -0.680. The predicted molar refractivity (Wildman–Crippen MR) is 85.6 cm³/mol. The smallest absolute Gasteiger partial charge is 0.251 e. The monoisotopic (exact) mass is 342 g/mol. The third kappa shape index (κ3) is 3.89. The summed E-state index contributed by atoms with van der Waals surface area (Å²) in [6.45, 7) is 0. The lowest BCUT2D eigenvalue weighted by molar-refractivity contribution is 0.0929. The molecule has 0 aromatic heterocycles. The molecule has 2 rings (SSSR count). The van der Waals surface area contributed by atoms with E-state index in [-0.39, 0.29) is 11.9 Å². The Labute approximate surface area is 126 Å². The summed E-state index contributed by atoms with van der Waals surface area (Å²) in [6, 6.07) is 5.60. The zero-order valence-electron chi connectivity index (χ0n) is 11.0. The molecule has 19 heavy (non-hydrogen) atoms. The van der Waals surface area contributed by atoms with E-state index in [1.807, 2.05) is 17.8 Å². The minimum Gasteiger partial charge on any atom is -0.399 e. The van der Waals surface area contributed by atoms with Crippen LogP contribution >= 0.6 is 27.7 Å². The fourth-order valence-corrected chi connectivity index (χ4v) is 3.99. The molecule has 3 nitrogen and oxygen atoms in total. The molecule has 1 aromatic carbocycles. The van der Waals surface area contributed by atoms with Gasteiger partial charge in [-0.15, -0.1) is 0 Å². The fourth-order valence-electron chi connectivity index (χ4n) is 2.54. The van der Waals surface area contributed by atoms with Gasteiger partial charge in [-0.3, -0.25) is 4.79 Å². The lowest BCUT2D eigenvalue weighted by Crippen LogP contribution is -2.43. The van der Waals surface area contributed by atoms with Crippen molar-refractivity contribution < 1.29 is 4.79 Å². The predicted octanol–water partition coefficient (Wildman–Crippen LogP) is 3.44. The maximum absolute atomic E-state index is 12.3. The number of benzene rings is 1. The van der Waals surface area contributed by atoms with Crippen LogP contribution in [0, 0.1) is 0 Å². The second-order valence-corrected chi connectivity index (χ2v) is 6.90. The molecule has 5 heteroatoms. The molecule has 0 aliphatic heterocycles. The minimum absolute atomic E-state index is 0.0287. The van der Waals surface area contributed by atoms with Crippen LogP contribution in [0.3, 0.4) is 0 Å². The highest BCUT2D eigenvalue weighted by Gasteiger charge is 2.26. The molecule has 1 aliphatic carbocycles. The van der Waals surface area contributed by atoms with Crippen LogP contribution in [0.15, 0.2) is 22.7 Å². The van der Waals surface area contributed by atoms with Crippen molar-refractivity contribution in [2.75, 3.05) is 12.0 Å². The molecule has 1 amide bonds. The Balaban J connectivity index is 2.07. The Morgan fingerprint density at radius 3 is 2.79 bits per heavy atom. The van der Waals surface area contributed by atoms with Crippen molar-refractivity contribution in [3.05, 3.63) is 28.2 Å². The van der Waals surface area contributed by atoms with Crippen LogP contribution in [0.5, 0.6) is 0 Å². The van der Waals surface area contributed by atoms with Gasteiger partial charge in [0.1, 0.15) is 0 Å². The summed E-state index contributed by atoms with van der Waals surface area (Å²) in [4.78, 5) is 12.3. The Morgan fingerprint density at radius 1 is 1.37 bits per heavy atom. The molecule has 1 saturated carbocycles. The van der Waals surface area contributed by atoms with Crippen molar-refractivity contribution in [1.29, 1.82) is 0 Å². The zero-order chi connectivity index (χ0) is 13.8. The molecule has 3 N–H and O–H groups in total. The van der Waals surface area contributed by atoms with Gasteiger partial charge in [-0.05, 0) is 37.3 Å². The minimum atomic E-state index is -0.0287. The van der Waals surface area contributed by atoms with Crippen molar-refractivity contribution in [2.24, 2.45) is 0 Å². The third-order valence-corrected chi connectivity index (χ3v) is 5.13. The number of anilines is 1. The molecule has 0 heterocycles. The maximum atomic E-state index is 12.3. The molecule has 104 valence electrons. The molecule has 1 aromatic rings. The molecular formula is C14H19BrN2OS. The van der Waals surface area contributed by atoms with E-state index in [0.29, 0.717) is 16.5 Å². The largest absolute Gasteiger partial charge is 0.399 e. The van der Waals surface area contributed by atoms with Gasteiger partial charge in [-0.1, -0.05) is 28.8 Å². The first-order valence-corrected chi connectivity index (χ1v) is 8.58. The number of thioether (sulfide) groups is 1. The first-order chi connectivity index (χ1) is 9.10. The first-order valence-electron chi connectivity index (χ1n) is 6.50. The van der Waals surface area contributed by atoms with Crippen molar-refractivity contribution in [3.8, 4) is 0 Å². The highest BCUT2D eigenvalue weighted by Crippen LogP contribution is 2.27. The summed E-state index contributed by atoms with van der Waals surface area (Å²) in [5, 5.41) is 3.68. The third-order valence-electron chi connectivity index (χ3n) is 3.50. The number of nitrogens with one attached hydrogen (secondary N) is 1. The second-order valence-electron chi connectivity index (χ2n) is 4.91. The van der Waals surface area contributed by atoms with Crippen molar-refractivity contribution in [3.63, 3.8) is 0 Å². The average molecular weight is 343 g/mol. The van der Waals surface area contributed by atoms with Gasteiger partial charge in [0.2, 0.25) is 0 Å². The van der Waals surface area contributed by atoms with E-state index in [4.69, 9.17) is 5.73 Å². The number of carbonyl (C=O) groups is 1. The number of nitrogen functional groups attached to an aromatic ring is 1. The van der Waals surface area contributed by atoms with E-state index in [0.717, 1.165) is 10.9 Å². The molecule has 2 atom stereocenters. The number of rotatable bonds is 3. The van der Waals surface area contributed by atoms with Gasteiger partial charge in [0.05, 0.1) is 0 Å². The summed E-state index contributed by atoms with van der Waals surface area (Å²) < 4.78 is 0.836. The van der Waals surface area contributed by atoms with Crippen molar-refractivity contribution in [1.82, 2.24) is 5.32 Å². The van der Waals surface area contributed by atoms with Crippen LogP contribution in [-0.2, 0) is 0 Å². The lowest BCUT2D eigenvalue weighted by atomic mass is 9.94. The first kappa shape index (κ1) is 14.7. The number of hydrogen-bond acceptors (Lipinski definition) is 3. The summed E-state index contributed by atoms with van der Waals surface area (Å²) in [5.41, 5.74) is 6.99.